The van der Waals surface area contributed by atoms with Crippen molar-refractivity contribution in [2.45, 2.75) is 25.0 Å². The highest BCUT2D eigenvalue weighted by atomic mass is 32.2. The summed E-state index contributed by atoms with van der Waals surface area (Å²) >= 11 is 0. The highest BCUT2D eigenvalue weighted by Crippen LogP contribution is 2.34. The molecular formula is C22H27N3O5S. The first-order valence-corrected chi connectivity index (χ1v) is 12.1. The first-order chi connectivity index (χ1) is 14.8. The minimum atomic E-state index is -3.55. The number of carbonyl (C=O) groups is 1. The van der Waals surface area contributed by atoms with Crippen LogP contribution in [0.4, 0.5) is 11.4 Å². The van der Waals surface area contributed by atoms with E-state index in [9.17, 15) is 13.2 Å². The third-order valence-corrected chi connectivity index (χ3v) is 6.66. The Morgan fingerprint density at radius 2 is 1.77 bits per heavy atom. The molecule has 0 radical (unpaired) electrons. The van der Waals surface area contributed by atoms with Gasteiger partial charge in [0.25, 0.3) is 5.91 Å². The second-order valence-corrected chi connectivity index (χ2v) is 9.91. The van der Waals surface area contributed by atoms with Crippen LogP contribution in [-0.4, -0.2) is 64.4 Å². The predicted octanol–water partition coefficient (Wildman–Crippen LogP) is 2.33. The normalized spacial score (nSPS) is 19.9. The maximum Gasteiger partial charge on any atom is 0.267 e. The Morgan fingerprint density at radius 1 is 1.10 bits per heavy atom. The SMILES string of the molecule is CN1CCC(Oc2ccc(NC(=O)[C@@H]3CN(S(C)(=O)=O)c4ccccc4O3)cc2)CC1. The molecule has 1 atom stereocenters. The number of hydrogen-bond acceptors (Lipinski definition) is 6. The molecule has 0 saturated carbocycles. The summed E-state index contributed by atoms with van der Waals surface area (Å²) in [5.41, 5.74) is 1.03. The zero-order chi connectivity index (χ0) is 22.0. The zero-order valence-corrected chi connectivity index (χ0v) is 18.5. The van der Waals surface area contributed by atoms with Gasteiger partial charge in [0, 0.05) is 18.8 Å². The fourth-order valence-electron chi connectivity index (χ4n) is 3.79. The van der Waals surface area contributed by atoms with Crippen molar-refractivity contribution < 1.29 is 22.7 Å². The summed E-state index contributed by atoms with van der Waals surface area (Å²) in [7, 11) is -1.44. The smallest absolute Gasteiger partial charge is 0.267 e. The molecule has 1 fully saturated rings. The van der Waals surface area contributed by atoms with Crippen LogP contribution in [0.25, 0.3) is 0 Å². The van der Waals surface area contributed by atoms with Crippen molar-refractivity contribution in [2.24, 2.45) is 0 Å². The Balaban J connectivity index is 1.40. The number of likely N-dealkylation sites (tertiary alicyclic amines) is 1. The van der Waals surface area contributed by atoms with Crippen molar-refractivity contribution in [1.82, 2.24) is 4.90 Å². The fourth-order valence-corrected chi connectivity index (χ4v) is 4.70. The predicted molar refractivity (Wildman–Crippen MR) is 119 cm³/mol. The molecule has 0 aliphatic carbocycles. The van der Waals surface area contributed by atoms with Crippen molar-refractivity contribution in [2.75, 3.05) is 42.6 Å². The average Bonchev–Trinajstić information content (AvgIpc) is 2.75. The standard InChI is InChI=1S/C22H27N3O5S/c1-24-13-11-18(12-14-24)29-17-9-7-16(8-10-17)23-22(26)21-15-25(31(2,27)28)19-5-3-4-6-20(19)30-21/h3-10,18,21H,11-15H2,1-2H3,(H,23,26)/t21-/m0/s1. The monoisotopic (exact) mass is 445 g/mol. The summed E-state index contributed by atoms with van der Waals surface area (Å²) < 4.78 is 37.4. The number of amides is 1. The molecule has 4 rings (SSSR count). The van der Waals surface area contributed by atoms with Crippen LogP contribution in [0.15, 0.2) is 48.5 Å². The largest absolute Gasteiger partial charge is 0.490 e. The lowest BCUT2D eigenvalue weighted by Crippen LogP contribution is -2.48. The molecule has 2 aliphatic rings. The first kappa shape index (κ1) is 21.5. The molecule has 2 aromatic rings. The first-order valence-electron chi connectivity index (χ1n) is 10.3. The van der Waals surface area contributed by atoms with Gasteiger partial charge in [0.2, 0.25) is 10.0 Å². The van der Waals surface area contributed by atoms with Gasteiger partial charge < -0.3 is 19.7 Å². The van der Waals surface area contributed by atoms with E-state index >= 15 is 0 Å². The number of benzene rings is 2. The number of nitrogens with one attached hydrogen (secondary N) is 1. The Kier molecular flexibility index (Phi) is 6.06. The van der Waals surface area contributed by atoms with Gasteiger partial charge >= 0.3 is 0 Å². The number of nitrogens with zero attached hydrogens (tertiary/aromatic N) is 2. The average molecular weight is 446 g/mol. The number of fused-ring (bicyclic) bond motifs is 1. The molecule has 0 aromatic heterocycles. The Bertz CT molecular complexity index is 1030. The van der Waals surface area contributed by atoms with Crippen LogP contribution < -0.4 is 19.1 Å². The van der Waals surface area contributed by atoms with Gasteiger partial charge in [-0.05, 0) is 56.3 Å². The molecule has 0 spiro atoms. The molecule has 1 N–H and O–H groups in total. The van der Waals surface area contributed by atoms with E-state index in [2.05, 4.69) is 17.3 Å². The van der Waals surface area contributed by atoms with E-state index in [4.69, 9.17) is 9.47 Å². The van der Waals surface area contributed by atoms with E-state index in [1.807, 2.05) is 12.1 Å². The van der Waals surface area contributed by atoms with E-state index in [0.29, 0.717) is 17.1 Å². The van der Waals surface area contributed by atoms with Crippen LogP contribution >= 0.6 is 0 Å². The summed E-state index contributed by atoms with van der Waals surface area (Å²) in [5, 5.41) is 2.80. The van der Waals surface area contributed by atoms with Gasteiger partial charge in [-0.3, -0.25) is 9.10 Å². The number of sulfonamides is 1. The van der Waals surface area contributed by atoms with Crippen molar-refractivity contribution >= 4 is 27.3 Å². The lowest BCUT2D eigenvalue weighted by Gasteiger charge is -2.33. The quantitative estimate of drug-likeness (QED) is 0.760. The molecule has 2 heterocycles. The number of para-hydroxylation sites is 2. The van der Waals surface area contributed by atoms with Crippen molar-refractivity contribution in [3.8, 4) is 11.5 Å². The second kappa shape index (κ2) is 8.76. The molecule has 0 unspecified atom stereocenters. The van der Waals surface area contributed by atoms with Crippen LogP contribution in [0.1, 0.15) is 12.8 Å². The van der Waals surface area contributed by atoms with Crippen molar-refractivity contribution in [1.29, 1.82) is 0 Å². The lowest BCUT2D eigenvalue weighted by molar-refractivity contribution is -0.122. The molecule has 2 aromatic carbocycles. The highest BCUT2D eigenvalue weighted by molar-refractivity contribution is 7.92. The molecular weight excluding hydrogens is 418 g/mol. The topological polar surface area (TPSA) is 88.2 Å². The summed E-state index contributed by atoms with van der Waals surface area (Å²) in [6.07, 6.45) is 2.35. The summed E-state index contributed by atoms with van der Waals surface area (Å²) in [6, 6.07) is 14.0. The molecule has 31 heavy (non-hydrogen) atoms. The maximum absolute atomic E-state index is 12.8. The van der Waals surface area contributed by atoms with E-state index < -0.39 is 22.0 Å². The Hall–Kier alpha value is -2.78. The second-order valence-electron chi connectivity index (χ2n) is 8.00. The number of piperidine rings is 1. The van der Waals surface area contributed by atoms with Gasteiger partial charge in [0.1, 0.15) is 17.6 Å². The fraction of sp³-hybridized carbons (Fsp3) is 0.409. The van der Waals surface area contributed by atoms with Crippen molar-refractivity contribution in [3.63, 3.8) is 0 Å². The Labute approximate surface area is 182 Å². The van der Waals surface area contributed by atoms with Crippen molar-refractivity contribution in [3.05, 3.63) is 48.5 Å². The minimum absolute atomic E-state index is 0.0843. The van der Waals surface area contributed by atoms with Crippen LogP contribution in [0.2, 0.25) is 0 Å². The number of hydrogen-bond donors (Lipinski definition) is 1. The molecule has 1 saturated heterocycles. The zero-order valence-electron chi connectivity index (χ0n) is 17.7. The van der Waals surface area contributed by atoms with Gasteiger partial charge in [0.05, 0.1) is 18.5 Å². The lowest BCUT2D eigenvalue weighted by atomic mass is 10.1. The highest BCUT2D eigenvalue weighted by Gasteiger charge is 2.34. The summed E-state index contributed by atoms with van der Waals surface area (Å²) in [4.78, 5) is 15.1. The summed E-state index contributed by atoms with van der Waals surface area (Å²) in [5.74, 6) is 0.715. The van der Waals surface area contributed by atoms with Crippen LogP contribution in [-0.2, 0) is 14.8 Å². The van der Waals surface area contributed by atoms with Crippen LogP contribution in [0, 0.1) is 0 Å². The van der Waals surface area contributed by atoms with E-state index in [-0.39, 0.29) is 12.6 Å². The third kappa shape index (κ3) is 5.11. The Morgan fingerprint density at radius 3 is 2.45 bits per heavy atom. The van der Waals surface area contributed by atoms with E-state index in [0.717, 1.165) is 37.9 Å². The maximum atomic E-state index is 12.8. The van der Waals surface area contributed by atoms with E-state index in [1.165, 1.54) is 4.31 Å². The van der Waals surface area contributed by atoms with Gasteiger partial charge in [-0.2, -0.15) is 0 Å². The number of carbonyl (C=O) groups excluding carboxylic acids is 1. The minimum Gasteiger partial charge on any atom is -0.490 e. The number of anilines is 2. The van der Waals surface area contributed by atoms with Crippen LogP contribution in [0.3, 0.4) is 0 Å². The molecule has 166 valence electrons. The molecule has 9 heteroatoms. The van der Waals surface area contributed by atoms with Gasteiger partial charge in [0.15, 0.2) is 6.10 Å². The third-order valence-electron chi connectivity index (χ3n) is 5.52. The van der Waals surface area contributed by atoms with Gasteiger partial charge in [-0.25, -0.2) is 8.42 Å². The molecule has 1 amide bonds. The molecule has 2 aliphatic heterocycles. The number of ether oxygens (including phenoxy) is 2. The van der Waals surface area contributed by atoms with Gasteiger partial charge in [-0.1, -0.05) is 12.1 Å². The summed E-state index contributed by atoms with van der Waals surface area (Å²) in [6.45, 7) is 1.96. The van der Waals surface area contributed by atoms with Crippen LogP contribution in [0.5, 0.6) is 11.5 Å². The molecule has 0 bridgehead atoms. The number of rotatable bonds is 5. The molecule has 8 nitrogen and oxygen atoms in total. The van der Waals surface area contributed by atoms with E-state index in [1.54, 1.807) is 36.4 Å². The van der Waals surface area contributed by atoms with Gasteiger partial charge in [-0.15, -0.1) is 0 Å².